The molecule has 0 fully saturated rings. The second-order valence-electron chi connectivity index (χ2n) is 5.79. The quantitative estimate of drug-likeness (QED) is 0.449. The summed E-state index contributed by atoms with van der Waals surface area (Å²) in [6.07, 6.45) is 4.41. The van der Waals surface area contributed by atoms with Crippen molar-refractivity contribution in [1.82, 2.24) is 9.62 Å². The van der Waals surface area contributed by atoms with E-state index >= 15 is 0 Å². The summed E-state index contributed by atoms with van der Waals surface area (Å²) in [6.45, 7) is 1.95. The zero-order valence-electron chi connectivity index (χ0n) is 13.8. The Bertz CT molecular complexity index is 630. The Morgan fingerprint density at radius 3 is 2.88 bits per heavy atom. The molecule has 130 valence electrons. The summed E-state index contributed by atoms with van der Waals surface area (Å²) in [5.41, 5.74) is 2.28. The molecule has 7 heteroatoms. The number of hydrogen-bond acceptors (Lipinski definition) is 5. The second kappa shape index (κ2) is 8.41. The molecule has 0 amide bonds. The van der Waals surface area contributed by atoms with E-state index in [1.807, 2.05) is 0 Å². The summed E-state index contributed by atoms with van der Waals surface area (Å²) in [7, 11) is 1.72. The first-order valence-electron chi connectivity index (χ1n) is 7.81. The van der Waals surface area contributed by atoms with Crippen molar-refractivity contribution in [2.75, 3.05) is 13.6 Å². The van der Waals surface area contributed by atoms with Crippen LogP contribution in [0.15, 0.2) is 34.4 Å². The maximum absolute atomic E-state index is 13.6. The van der Waals surface area contributed by atoms with Crippen molar-refractivity contribution in [3.05, 3.63) is 40.8 Å². The molecule has 0 unspecified atom stereocenters. The Morgan fingerprint density at radius 2 is 2.25 bits per heavy atom. The Kier molecular flexibility index (Phi) is 6.53. The SMILES string of the molecule is Cc1cc(F)cc([S@@+]([O-])N(C)[C@@H]2CCCC(NCC=O)=C2C=N)c1. The van der Waals surface area contributed by atoms with Crippen molar-refractivity contribution < 1.29 is 13.7 Å². The van der Waals surface area contributed by atoms with Gasteiger partial charge in [-0.25, -0.2) is 4.39 Å². The molecule has 5 nitrogen and oxygen atoms in total. The minimum atomic E-state index is -1.53. The molecule has 0 aromatic heterocycles. The number of benzene rings is 1. The molecule has 1 aromatic carbocycles. The smallest absolute Gasteiger partial charge is 0.177 e. The van der Waals surface area contributed by atoms with Crippen LogP contribution in [0.3, 0.4) is 0 Å². The Labute approximate surface area is 144 Å². The van der Waals surface area contributed by atoms with Crippen molar-refractivity contribution in [2.24, 2.45) is 0 Å². The van der Waals surface area contributed by atoms with Gasteiger partial charge in [-0.1, -0.05) is 0 Å². The van der Waals surface area contributed by atoms with E-state index in [0.29, 0.717) is 10.5 Å². The first-order chi connectivity index (χ1) is 11.5. The zero-order valence-corrected chi connectivity index (χ0v) is 14.7. The summed E-state index contributed by atoms with van der Waals surface area (Å²) in [6, 6.07) is 4.17. The highest BCUT2D eigenvalue weighted by Gasteiger charge is 2.33. The molecule has 2 rings (SSSR count). The van der Waals surface area contributed by atoms with Crippen LogP contribution in [0.25, 0.3) is 0 Å². The summed E-state index contributed by atoms with van der Waals surface area (Å²) in [4.78, 5) is 11.0. The number of halogens is 1. The lowest BCUT2D eigenvalue weighted by Gasteiger charge is -2.33. The topological polar surface area (TPSA) is 79.2 Å². The van der Waals surface area contributed by atoms with Crippen molar-refractivity contribution in [3.63, 3.8) is 0 Å². The largest absolute Gasteiger partial charge is 0.593 e. The van der Waals surface area contributed by atoms with Gasteiger partial charge in [0.25, 0.3) is 0 Å². The molecular formula is C17H22FN3O2S. The van der Waals surface area contributed by atoms with Gasteiger partial charge in [-0.05, 0) is 43.9 Å². The predicted molar refractivity (Wildman–Crippen MR) is 92.8 cm³/mol. The molecule has 1 aromatic rings. The molecule has 2 atom stereocenters. The van der Waals surface area contributed by atoms with Crippen LogP contribution < -0.4 is 5.32 Å². The molecular weight excluding hydrogens is 329 g/mol. The van der Waals surface area contributed by atoms with Crippen LogP contribution in [0, 0.1) is 18.2 Å². The van der Waals surface area contributed by atoms with Crippen LogP contribution in [-0.2, 0) is 16.2 Å². The number of likely N-dealkylation sites (N-methyl/N-ethyl adjacent to an activating group) is 1. The van der Waals surface area contributed by atoms with Gasteiger partial charge in [-0.15, -0.1) is 4.31 Å². The maximum Gasteiger partial charge on any atom is 0.177 e. The van der Waals surface area contributed by atoms with Crippen molar-refractivity contribution >= 4 is 23.9 Å². The first kappa shape index (κ1) is 18.6. The number of hydrogen-bond donors (Lipinski definition) is 2. The third kappa shape index (κ3) is 4.23. The number of carbonyl (C=O) groups excluding carboxylic acids is 1. The highest BCUT2D eigenvalue weighted by atomic mass is 32.2. The monoisotopic (exact) mass is 351 g/mol. The van der Waals surface area contributed by atoms with Gasteiger partial charge in [-0.2, -0.15) is 0 Å². The zero-order chi connectivity index (χ0) is 17.7. The Morgan fingerprint density at radius 1 is 1.50 bits per heavy atom. The van der Waals surface area contributed by atoms with Gasteiger partial charge in [-0.3, -0.25) is 0 Å². The van der Waals surface area contributed by atoms with Crippen LogP contribution in [-0.4, -0.2) is 41.0 Å². The van der Waals surface area contributed by atoms with E-state index < -0.39 is 17.2 Å². The van der Waals surface area contributed by atoms with Crippen LogP contribution in [0.4, 0.5) is 4.39 Å². The Hall–Kier alpha value is -1.70. The van der Waals surface area contributed by atoms with Crippen LogP contribution in [0.1, 0.15) is 24.8 Å². The van der Waals surface area contributed by atoms with Gasteiger partial charge in [0, 0.05) is 30.6 Å². The van der Waals surface area contributed by atoms with E-state index in [2.05, 4.69) is 5.32 Å². The molecule has 0 saturated heterocycles. The van der Waals surface area contributed by atoms with E-state index in [1.54, 1.807) is 24.3 Å². The van der Waals surface area contributed by atoms with Gasteiger partial charge in [0.1, 0.15) is 12.1 Å². The second-order valence-corrected chi connectivity index (χ2v) is 7.34. The summed E-state index contributed by atoms with van der Waals surface area (Å²) in [5, 5.41) is 10.7. The highest BCUT2D eigenvalue weighted by molar-refractivity contribution is 7.89. The average Bonchev–Trinajstić information content (AvgIpc) is 2.57. The predicted octanol–water partition coefficient (Wildman–Crippen LogP) is 2.33. The lowest BCUT2D eigenvalue weighted by atomic mass is 9.92. The van der Waals surface area contributed by atoms with E-state index in [1.165, 1.54) is 18.3 Å². The molecule has 1 aliphatic rings. The lowest BCUT2D eigenvalue weighted by molar-refractivity contribution is -0.107. The van der Waals surface area contributed by atoms with E-state index in [-0.39, 0.29) is 12.6 Å². The minimum absolute atomic E-state index is 0.190. The highest BCUT2D eigenvalue weighted by Crippen LogP contribution is 2.29. The van der Waals surface area contributed by atoms with Crippen molar-refractivity contribution in [1.29, 1.82) is 5.41 Å². The standard InChI is InChI=1S/C17H22FN3O2S/c1-12-8-13(18)10-14(9-12)24(23)21(2)17-5-3-4-16(15(17)11-19)20-6-7-22/h7-11,17,19-20H,3-6H2,1-2H3/t17-,24-/m1/s1. The molecule has 0 radical (unpaired) electrons. The number of aryl methyl sites for hydroxylation is 1. The average molecular weight is 351 g/mol. The van der Waals surface area contributed by atoms with Gasteiger partial charge in [0.05, 0.1) is 23.9 Å². The molecule has 24 heavy (non-hydrogen) atoms. The molecule has 0 saturated carbocycles. The van der Waals surface area contributed by atoms with E-state index in [0.717, 1.165) is 36.8 Å². The molecule has 0 heterocycles. The molecule has 0 bridgehead atoms. The van der Waals surface area contributed by atoms with E-state index in [9.17, 15) is 13.7 Å². The summed E-state index contributed by atoms with van der Waals surface area (Å²) >= 11 is -1.53. The van der Waals surface area contributed by atoms with Gasteiger partial charge < -0.3 is 20.1 Å². The normalized spacial score (nSPS) is 19.3. The van der Waals surface area contributed by atoms with Crippen molar-refractivity contribution in [2.45, 2.75) is 37.1 Å². The van der Waals surface area contributed by atoms with Crippen LogP contribution in [0.5, 0.6) is 0 Å². The number of nitrogens with zero attached hydrogens (tertiary/aromatic N) is 1. The molecule has 2 N–H and O–H groups in total. The first-order valence-corrected chi connectivity index (χ1v) is 8.91. The van der Waals surface area contributed by atoms with Crippen LogP contribution in [0.2, 0.25) is 0 Å². The molecule has 0 aliphatic heterocycles. The number of allylic oxidation sites excluding steroid dienone is 1. The molecule has 0 spiro atoms. The van der Waals surface area contributed by atoms with Gasteiger partial charge in [0.2, 0.25) is 0 Å². The Balaban J connectivity index is 2.27. The minimum Gasteiger partial charge on any atom is -0.593 e. The van der Waals surface area contributed by atoms with Crippen molar-refractivity contribution in [3.8, 4) is 0 Å². The van der Waals surface area contributed by atoms with Gasteiger partial charge in [0.15, 0.2) is 4.90 Å². The van der Waals surface area contributed by atoms with Gasteiger partial charge >= 0.3 is 0 Å². The van der Waals surface area contributed by atoms with Crippen LogP contribution >= 0.6 is 0 Å². The third-order valence-corrected chi connectivity index (χ3v) is 5.50. The fourth-order valence-electron chi connectivity index (χ4n) is 2.97. The number of aldehydes is 1. The summed E-state index contributed by atoms with van der Waals surface area (Å²) in [5.74, 6) is -0.411. The fourth-order valence-corrected chi connectivity index (χ4v) is 4.26. The third-order valence-electron chi connectivity index (χ3n) is 4.08. The molecule has 1 aliphatic carbocycles. The van der Waals surface area contributed by atoms with E-state index in [4.69, 9.17) is 5.41 Å². The number of nitrogens with one attached hydrogen (secondary N) is 2. The fraction of sp³-hybridized carbons (Fsp3) is 0.412. The summed E-state index contributed by atoms with van der Waals surface area (Å²) < 4.78 is 28.1. The number of rotatable bonds is 7. The number of carbonyl (C=O) groups is 1. The lowest BCUT2D eigenvalue weighted by Crippen LogP contribution is -2.42. The maximum atomic E-state index is 13.6.